The lowest BCUT2D eigenvalue weighted by molar-refractivity contribution is 0.0374. The number of primary amides is 1. The van der Waals surface area contributed by atoms with Crippen LogP contribution in [0.15, 0.2) is 9.52 Å². The highest BCUT2D eigenvalue weighted by Gasteiger charge is 2.36. The van der Waals surface area contributed by atoms with Crippen LogP contribution >= 0.6 is 0 Å². The monoisotopic (exact) mass is 405 g/mol. The summed E-state index contributed by atoms with van der Waals surface area (Å²) in [5.41, 5.74) is 9.59. The van der Waals surface area contributed by atoms with Crippen LogP contribution in [0.1, 0.15) is 54.1 Å². The molecule has 3 amide bonds. The van der Waals surface area contributed by atoms with E-state index >= 15 is 0 Å². The van der Waals surface area contributed by atoms with Gasteiger partial charge in [-0.1, -0.05) is 13.8 Å². The van der Waals surface area contributed by atoms with Crippen LogP contribution in [0, 0.1) is 12.3 Å². The number of urea groups is 1. The second kappa shape index (κ2) is 8.96. The van der Waals surface area contributed by atoms with Crippen LogP contribution < -0.4 is 16.5 Å². The number of nitrogens with zero attached hydrogens (tertiary/aromatic N) is 2. The molecule has 4 N–H and O–H groups in total. The molecular formula is C20H31N5O4. The van der Waals surface area contributed by atoms with E-state index in [2.05, 4.69) is 34.6 Å². The maximum Gasteiger partial charge on any atom is 0.332 e. The number of hydrogen-bond acceptors (Lipinski definition) is 6. The Labute approximate surface area is 171 Å². The van der Waals surface area contributed by atoms with Crippen molar-refractivity contribution in [3.8, 4) is 0 Å². The minimum absolute atomic E-state index is 0.0959. The molecule has 0 atom stereocenters. The number of nitrogens with one attached hydrogen (secondary N) is 2. The number of nitrogens with two attached hydrogens (primary N) is 1. The van der Waals surface area contributed by atoms with Gasteiger partial charge in [0.1, 0.15) is 5.76 Å². The Morgan fingerprint density at radius 2 is 1.97 bits per heavy atom. The molecule has 0 bridgehead atoms. The number of carbonyl (C=O) groups excluding carboxylic acids is 2. The van der Waals surface area contributed by atoms with Gasteiger partial charge in [-0.2, -0.15) is 5.10 Å². The molecule has 1 aliphatic carbocycles. The van der Waals surface area contributed by atoms with Gasteiger partial charge in [0.25, 0.3) is 5.91 Å². The molecule has 9 heteroatoms. The molecule has 29 heavy (non-hydrogen) atoms. The normalized spacial score (nSPS) is 20.3. The van der Waals surface area contributed by atoms with Crippen LogP contribution in [0.4, 0.5) is 4.79 Å². The summed E-state index contributed by atoms with van der Waals surface area (Å²) in [7, 11) is 0. The maximum absolute atomic E-state index is 12.7. The highest BCUT2D eigenvalue weighted by atomic mass is 16.5. The standard InChI is InChI=1S/C20H31N5O4/c1-13-16-14(23-24-19(21)27)11-20(2,3)12-15(16)29-17(13)18(26)22-5-4-6-25-7-9-28-10-8-25/h4-12H2,1-3H3,(H,22,26)(H3,21,24,27)/b23-14-. The number of hydrazone groups is 1. The van der Waals surface area contributed by atoms with E-state index in [4.69, 9.17) is 14.9 Å². The van der Waals surface area contributed by atoms with Crippen molar-refractivity contribution < 1.29 is 18.7 Å². The van der Waals surface area contributed by atoms with Gasteiger partial charge in [0, 0.05) is 37.2 Å². The van der Waals surface area contributed by atoms with Crippen LogP contribution in [-0.4, -0.2) is 61.9 Å². The summed E-state index contributed by atoms with van der Waals surface area (Å²) in [6, 6.07) is -0.721. The second-order valence-electron chi connectivity index (χ2n) is 8.47. The molecule has 160 valence electrons. The highest BCUT2D eigenvalue weighted by molar-refractivity contribution is 6.07. The molecule has 1 aliphatic heterocycles. The van der Waals surface area contributed by atoms with Crippen molar-refractivity contribution in [1.82, 2.24) is 15.6 Å². The Bertz CT molecular complexity index is 793. The zero-order chi connectivity index (χ0) is 21.0. The number of ether oxygens (including phenoxy) is 1. The van der Waals surface area contributed by atoms with Crippen molar-refractivity contribution in [2.24, 2.45) is 16.3 Å². The zero-order valence-electron chi connectivity index (χ0n) is 17.5. The summed E-state index contributed by atoms with van der Waals surface area (Å²) in [5.74, 6) is 0.812. The van der Waals surface area contributed by atoms with E-state index in [-0.39, 0.29) is 11.3 Å². The summed E-state index contributed by atoms with van der Waals surface area (Å²) in [4.78, 5) is 26.1. The number of fused-ring (bicyclic) bond motifs is 1. The van der Waals surface area contributed by atoms with Crippen LogP contribution in [-0.2, 0) is 11.2 Å². The zero-order valence-corrected chi connectivity index (χ0v) is 17.5. The van der Waals surface area contributed by atoms with Gasteiger partial charge in [0.05, 0.1) is 18.9 Å². The van der Waals surface area contributed by atoms with Crippen LogP contribution in [0.5, 0.6) is 0 Å². The van der Waals surface area contributed by atoms with Crippen molar-refractivity contribution in [1.29, 1.82) is 0 Å². The Balaban J connectivity index is 1.66. The first-order valence-electron chi connectivity index (χ1n) is 10.1. The van der Waals surface area contributed by atoms with Gasteiger partial charge in [-0.3, -0.25) is 9.69 Å². The lowest BCUT2D eigenvalue weighted by Gasteiger charge is -2.29. The summed E-state index contributed by atoms with van der Waals surface area (Å²) >= 11 is 0. The minimum atomic E-state index is -0.721. The minimum Gasteiger partial charge on any atom is -0.455 e. The average Bonchev–Trinajstić information content (AvgIpc) is 2.99. The molecule has 1 aromatic rings. The molecule has 0 unspecified atom stereocenters. The lowest BCUT2D eigenvalue weighted by Crippen LogP contribution is -2.38. The number of hydrogen-bond donors (Lipinski definition) is 3. The van der Waals surface area contributed by atoms with Gasteiger partial charge in [0.15, 0.2) is 5.76 Å². The van der Waals surface area contributed by atoms with Gasteiger partial charge in [-0.05, 0) is 31.7 Å². The molecule has 0 spiro atoms. The molecule has 0 saturated carbocycles. The topological polar surface area (TPSA) is 122 Å². The first-order valence-corrected chi connectivity index (χ1v) is 10.1. The Morgan fingerprint density at radius 1 is 1.24 bits per heavy atom. The Morgan fingerprint density at radius 3 is 2.66 bits per heavy atom. The van der Waals surface area contributed by atoms with Crippen molar-refractivity contribution in [3.05, 3.63) is 22.6 Å². The summed E-state index contributed by atoms with van der Waals surface area (Å²) in [6.45, 7) is 11.0. The summed E-state index contributed by atoms with van der Waals surface area (Å²) in [6.07, 6.45) is 2.22. The van der Waals surface area contributed by atoms with E-state index in [1.807, 2.05) is 6.92 Å². The van der Waals surface area contributed by atoms with E-state index < -0.39 is 6.03 Å². The number of morpholine rings is 1. The molecule has 1 aromatic heterocycles. The van der Waals surface area contributed by atoms with E-state index in [1.54, 1.807) is 0 Å². The Kier molecular flexibility index (Phi) is 6.59. The first-order chi connectivity index (χ1) is 13.8. The molecule has 1 fully saturated rings. The first kappa shape index (κ1) is 21.3. The molecule has 1 saturated heterocycles. The molecule has 9 nitrogen and oxygen atoms in total. The fraction of sp³-hybridized carbons (Fsp3) is 0.650. The van der Waals surface area contributed by atoms with E-state index in [0.29, 0.717) is 30.9 Å². The van der Waals surface area contributed by atoms with E-state index in [0.717, 1.165) is 56.2 Å². The van der Waals surface area contributed by atoms with Crippen LogP contribution in [0.25, 0.3) is 0 Å². The number of furan rings is 1. The van der Waals surface area contributed by atoms with Gasteiger partial charge >= 0.3 is 6.03 Å². The Hall–Kier alpha value is -2.39. The van der Waals surface area contributed by atoms with Gasteiger partial charge in [0.2, 0.25) is 0 Å². The molecule has 0 radical (unpaired) electrons. The quantitative estimate of drug-likeness (QED) is 0.488. The third-order valence-corrected chi connectivity index (χ3v) is 5.34. The summed E-state index contributed by atoms with van der Waals surface area (Å²) in [5, 5.41) is 7.12. The predicted molar refractivity (Wildman–Crippen MR) is 109 cm³/mol. The van der Waals surface area contributed by atoms with Crippen molar-refractivity contribution in [2.75, 3.05) is 39.4 Å². The smallest absolute Gasteiger partial charge is 0.332 e. The molecule has 3 rings (SSSR count). The van der Waals surface area contributed by atoms with Crippen LogP contribution in [0.3, 0.4) is 0 Å². The van der Waals surface area contributed by atoms with Crippen molar-refractivity contribution in [3.63, 3.8) is 0 Å². The van der Waals surface area contributed by atoms with Gasteiger partial charge in [-0.15, -0.1) is 0 Å². The fourth-order valence-corrected chi connectivity index (χ4v) is 3.96. The van der Waals surface area contributed by atoms with Crippen molar-refractivity contribution >= 4 is 17.6 Å². The van der Waals surface area contributed by atoms with E-state index in [9.17, 15) is 9.59 Å². The SMILES string of the molecule is Cc1c(C(=O)NCCCN2CCOCC2)oc2c1/C(=N\NC(N)=O)CC(C)(C)C2. The second-order valence-corrected chi connectivity index (χ2v) is 8.47. The third-order valence-electron chi connectivity index (χ3n) is 5.34. The largest absolute Gasteiger partial charge is 0.455 e. The summed E-state index contributed by atoms with van der Waals surface area (Å²) < 4.78 is 11.3. The third kappa shape index (κ3) is 5.36. The van der Waals surface area contributed by atoms with Gasteiger partial charge < -0.3 is 20.2 Å². The average molecular weight is 405 g/mol. The van der Waals surface area contributed by atoms with Gasteiger partial charge in [-0.25, -0.2) is 10.2 Å². The fourth-order valence-electron chi connectivity index (χ4n) is 3.96. The highest BCUT2D eigenvalue weighted by Crippen LogP contribution is 2.38. The van der Waals surface area contributed by atoms with E-state index in [1.165, 1.54) is 0 Å². The molecule has 0 aromatic carbocycles. The maximum atomic E-state index is 12.7. The molecular weight excluding hydrogens is 374 g/mol. The van der Waals surface area contributed by atoms with Crippen molar-refractivity contribution in [2.45, 2.75) is 40.0 Å². The predicted octanol–water partition coefficient (Wildman–Crippen LogP) is 1.38. The number of carbonyl (C=O) groups is 2. The number of rotatable bonds is 6. The molecule has 2 heterocycles. The van der Waals surface area contributed by atoms with Crippen LogP contribution in [0.2, 0.25) is 0 Å². The number of amides is 3. The molecule has 2 aliphatic rings. The lowest BCUT2D eigenvalue weighted by atomic mass is 9.75.